The highest BCUT2D eigenvalue weighted by Gasteiger charge is 1.96. The number of hydrogen-bond donors (Lipinski definition) is 1. The maximum absolute atomic E-state index is 3.90. The summed E-state index contributed by atoms with van der Waals surface area (Å²) in [6.07, 6.45) is 3.73. The second kappa shape index (κ2) is 2.81. The number of aromatic amines is 1. The molecule has 2 nitrogen and oxygen atoms in total. The fourth-order valence-corrected chi connectivity index (χ4v) is 1.23. The van der Waals surface area contributed by atoms with Crippen molar-refractivity contribution in [3.8, 4) is 11.1 Å². The van der Waals surface area contributed by atoms with Crippen molar-refractivity contribution < 1.29 is 0 Å². The zero-order valence-corrected chi connectivity index (χ0v) is 6.91. The van der Waals surface area contributed by atoms with Gasteiger partial charge in [0.2, 0.25) is 0 Å². The van der Waals surface area contributed by atoms with Gasteiger partial charge in [-0.1, -0.05) is 29.8 Å². The maximum atomic E-state index is 3.90. The van der Waals surface area contributed by atoms with Crippen molar-refractivity contribution in [1.82, 2.24) is 10.2 Å². The predicted octanol–water partition coefficient (Wildman–Crippen LogP) is 2.39. The molecule has 0 radical (unpaired) electrons. The molecule has 0 spiro atoms. The van der Waals surface area contributed by atoms with E-state index >= 15 is 0 Å². The Balaban J connectivity index is 2.48. The van der Waals surface area contributed by atoms with E-state index in [1.807, 2.05) is 12.4 Å². The van der Waals surface area contributed by atoms with Crippen LogP contribution in [-0.4, -0.2) is 10.2 Å². The monoisotopic (exact) mass is 158 g/mol. The molecule has 0 aliphatic heterocycles. The zero-order valence-electron chi connectivity index (χ0n) is 6.91. The molecule has 2 aromatic rings. The molecular formula is C10H10N2. The van der Waals surface area contributed by atoms with Gasteiger partial charge in [0.1, 0.15) is 0 Å². The molecule has 0 aliphatic rings. The quantitative estimate of drug-likeness (QED) is 0.678. The molecule has 2 rings (SSSR count). The standard InChI is InChI=1S/C10H10N2/c1-8-3-2-4-9(5-8)10-6-11-12-7-10/h2-7H,1H3,(H,11,12). The van der Waals surface area contributed by atoms with E-state index in [2.05, 4.69) is 41.4 Å². The number of benzene rings is 1. The lowest BCUT2D eigenvalue weighted by atomic mass is 10.1. The Kier molecular flexibility index (Phi) is 1.67. The molecule has 0 unspecified atom stereocenters. The normalized spacial score (nSPS) is 10.1. The smallest absolute Gasteiger partial charge is 0.0565 e. The van der Waals surface area contributed by atoms with Gasteiger partial charge in [-0.25, -0.2) is 0 Å². The summed E-state index contributed by atoms with van der Waals surface area (Å²) >= 11 is 0. The summed E-state index contributed by atoms with van der Waals surface area (Å²) in [5.74, 6) is 0. The van der Waals surface area contributed by atoms with E-state index in [4.69, 9.17) is 0 Å². The van der Waals surface area contributed by atoms with Gasteiger partial charge in [-0.15, -0.1) is 0 Å². The number of rotatable bonds is 1. The molecular weight excluding hydrogens is 148 g/mol. The van der Waals surface area contributed by atoms with E-state index in [1.54, 1.807) is 0 Å². The molecule has 1 N–H and O–H groups in total. The van der Waals surface area contributed by atoms with Crippen molar-refractivity contribution in [3.05, 3.63) is 42.2 Å². The van der Waals surface area contributed by atoms with E-state index in [1.165, 1.54) is 11.1 Å². The second-order valence-corrected chi connectivity index (χ2v) is 2.86. The van der Waals surface area contributed by atoms with Crippen molar-refractivity contribution in [1.29, 1.82) is 0 Å². The maximum Gasteiger partial charge on any atom is 0.0565 e. The van der Waals surface area contributed by atoms with Crippen LogP contribution in [0.15, 0.2) is 36.7 Å². The van der Waals surface area contributed by atoms with Crippen LogP contribution in [-0.2, 0) is 0 Å². The number of nitrogens with zero attached hydrogens (tertiary/aromatic N) is 1. The first-order valence-electron chi connectivity index (χ1n) is 3.92. The van der Waals surface area contributed by atoms with Gasteiger partial charge in [-0.2, -0.15) is 5.10 Å². The highest BCUT2D eigenvalue weighted by molar-refractivity contribution is 5.62. The van der Waals surface area contributed by atoms with Crippen molar-refractivity contribution in [3.63, 3.8) is 0 Å². The Labute approximate surface area is 71.3 Å². The summed E-state index contributed by atoms with van der Waals surface area (Å²) < 4.78 is 0. The van der Waals surface area contributed by atoms with Crippen molar-refractivity contribution >= 4 is 0 Å². The molecule has 1 aromatic carbocycles. The highest BCUT2D eigenvalue weighted by Crippen LogP contribution is 2.17. The average molecular weight is 158 g/mol. The lowest BCUT2D eigenvalue weighted by Crippen LogP contribution is -1.75. The summed E-state index contributed by atoms with van der Waals surface area (Å²) in [5, 5.41) is 6.70. The molecule has 0 amide bonds. The minimum Gasteiger partial charge on any atom is -0.285 e. The molecule has 0 atom stereocenters. The summed E-state index contributed by atoms with van der Waals surface area (Å²) in [4.78, 5) is 0. The Morgan fingerprint density at radius 1 is 1.25 bits per heavy atom. The lowest BCUT2D eigenvalue weighted by molar-refractivity contribution is 1.09. The highest BCUT2D eigenvalue weighted by atomic mass is 15.1. The molecule has 2 heteroatoms. The first-order valence-corrected chi connectivity index (χ1v) is 3.92. The lowest BCUT2D eigenvalue weighted by Gasteiger charge is -1.97. The number of hydrogen-bond acceptors (Lipinski definition) is 1. The fraction of sp³-hybridized carbons (Fsp3) is 0.100. The summed E-state index contributed by atoms with van der Waals surface area (Å²) in [6.45, 7) is 2.09. The van der Waals surface area contributed by atoms with Crippen molar-refractivity contribution in [2.75, 3.05) is 0 Å². The Morgan fingerprint density at radius 3 is 2.83 bits per heavy atom. The summed E-state index contributed by atoms with van der Waals surface area (Å²) in [6, 6.07) is 8.37. The van der Waals surface area contributed by atoms with E-state index in [0.29, 0.717) is 0 Å². The van der Waals surface area contributed by atoms with Gasteiger partial charge >= 0.3 is 0 Å². The Hall–Kier alpha value is -1.57. The van der Waals surface area contributed by atoms with E-state index < -0.39 is 0 Å². The van der Waals surface area contributed by atoms with E-state index in [0.717, 1.165) is 5.56 Å². The van der Waals surface area contributed by atoms with Gasteiger partial charge in [0.25, 0.3) is 0 Å². The van der Waals surface area contributed by atoms with Gasteiger partial charge in [-0.3, -0.25) is 5.10 Å². The molecule has 0 aliphatic carbocycles. The third-order valence-electron chi connectivity index (χ3n) is 1.85. The van der Waals surface area contributed by atoms with Gasteiger partial charge in [0, 0.05) is 11.8 Å². The van der Waals surface area contributed by atoms with Crippen LogP contribution in [0.1, 0.15) is 5.56 Å². The third kappa shape index (κ3) is 1.23. The van der Waals surface area contributed by atoms with Crippen molar-refractivity contribution in [2.24, 2.45) is 0 Å². The van der Waals surface area contributed by atoms with E-state index in [9.17, 15) is 0 Å². The Morgan fingerprint density at radius 2 is 2.17 bits per heavy atom. The molecule has 0 saturated heterocycles. The van der Waals surface area contributed by atoms with Crippen LogP contribution in [0.5, 0.6) is 0 Å². The van der Waals surface area contributed by atoms with Crippen LogP contribution in [0.25, 0.3) is 11.1 Å². The van der Waals surface area contributed by atoms with Crippen LogP contribution in [0, 0.1) is 6.92 Å². The van der Waals surface area contributed by atoms with Crippen LogP contribution < -0.4 is 0 Å². The van der Waals surface area contributed by atoms with Gasteiger partial charge in [0.15, 0.2) is 0 Å². The van der Waals surface area contributed by atoms with Gasteiger partial charge in [-0.05, 0) is 12.5 Å². The van der Waals surface area contributed by atoms with Crippen LogP contribution in [0.4, 0.5) is 0 Å². The number of nitrogens with one attached hydrogen (secondary N) is 1. The fourth-order valence-electron chi connectivity index (χ4n) is 1.23. The SMILES string of the molecule is Cc1cccc(-c2cn[nH]c2)c1. The summed E-state index contributed by atoms with van der Waals surface area (Å²) in [5.41, 5.74) is 3.62. The zero-order chi connectivity index (χ0) is 8.39. The van der Waals surface area contributed by atoms with E-state index in [-0.39, 0.29) is 0 Å². The van der Waals surface area contributed by atoms with Crippen LogP contribution in [0.2, 0.25) is 0 Å². The number of aromatic nitrogens is 2. The number of aryl methyl sites for hydroxylation is 1. The molecule has 1 aromatic heterocycles. The first kappa shape index (κ1) is 7.10. The average Bonchev–Trinajstić information content (AvgIpc) is 2.56. The van der Waals surface area contributed by atoms with Crippen molar-refractivity contribution in [2.45, 2.75) is 6.92 Å². The predicted molar refractivity (Wildman–Crippen MR) is 48.8 cm³/mol. The third-order valence-corrected chi connectivity index (χ3v) is 1.85. The van der Waals surface area contributed by atoms with Gasteiger partial charge in [0.05, 0.1) is 6.20 Å². The molecule has 0 bridgehead atoms. The molecule has 60 valence electrons. The van der Waals surface area contributed by atoms with Crippen LogP contribution >= 0.6 is 0 Å². The first-order chi connectivity index (χ1) is 5.86. The minimum atomic E-state index is 1.14. The Bertz CT molecular complexity index is 363. The molecule has 1 heterocycles. The largest absolute Gasteiger partial charge is 0.285 e. The van der Waals surface area contributed by atoms with Gasteiger partial charge < -0.3 is 0 Å². The topological polar surface area (TPSA) is 28.7 Å². The second-order valence-electron chi connectivity index (χ2n) is 2.86. The molecule has 0 saturated carbocycles. The van der Waals surface area contributed by atoms with Crippen LogP contribution in [0.3, 0.4) is 0 Å². The summed E-state index contributed by atoms with van der Waals surface area (Å²) in [7, 11) is 0. The minimum absolute atomic E-state index is 1.14. The number of H-pyrrole nitrogens is 1. The molecule has 0 fully saturated rings. The molecule has 12 heavy (non-hydrogen) atoms.